The summed E-state index contributed by atoms with van der Waals surface area (Å²) in [5.41, 5.74) is 1.25. The van der Waals surface area contributed by atoms with Crippen molar-refractivity contribution in [2.24, 2.45) is 5.92 Å². The van der Waals surface area contributed by atoms with Gasteiger partial charge in [0.2, 0.25) is 0 Å². The van der Waals surface area contributed by atoms with E-state index >= 15 is 0 Å². The molecule has 0 aromatic carbocycles. The maximum Gasteiger partial charge on any atom is 0.0756 e. The zero-order valence-corrected chi connectivity index (χ0v) is 11.7. The van der Waals surface area contributed by atoms with Gasteiger partial charge in [0.15, 0.2) is 0 Å². The van der Waals surface area contributed by atoms with Gasteiger partial charge in [-0.1, -0.05) is 44.2 Å². The summed E-state index contributed by atoms with van der Waals surface area (Å²) in [5, 5.41) is 11.8. The third kappa shape index (κ3) is 3.31. The number of nitrogens with zero attached hydrogens (tertiary/aromatic N) is 3. The highest BCUT2D eigenvalue weighted by atomic mass is 15.4. The first kappa shape index (κ1) is 13.5. The van der Waals surface area contributed by atoms with Gasteiger partial charge in [-0.25, -0.2) is 4.68 Å². The molecular formula is C14H26N4. The molecule has 0 saturated heterocycles. The van der Waals surface area contributed by atoms with E-state index in [9.17, 15) is 0 Å². The maximum absolute atomic E-state index is 4.16. The fraction of sp³-hybridized carbons (Fsp3) is 0.857. The Bertz CT molecular complexity index is 341. The van der Waals surface area contributed by atoms with Crippen molar-refractivity contribution in [1.82, 2.24) is 20.3 Å². The van der Waals surface area contributed by atoms with E-state index in [1.54, 1.807) is 0 Å². The molecule has 4 heteroatoms. The number of hydrogen-bond acceptors (Lipinski definition) is 3. The first-order valence-electron chi connectivity index (χ1n) is 7.46. The minimum Gasteiger partial charge on any atom is -0.309 e. The molecule has 2 rings (SSSR count). The van der Waals surface area contributed by atoms with E-state index in [-0.39, 0.29) is 0 Å². The van der Waals surface area contributed by atoms with Crippen molar-refractivity contribution in [3.05, 3.63) is 11.9 Å². The van der Waals surface area contributed by atoms with Crippen LogP contribution in [0, 0.1) is 5.92 Å². The number of nitrogens with one attached hydrogen (secondary N) is 1. The molecule has 1 fully saturated rings. The van der Waals surface area contributed by atoms with Gasteiger partial charge in [0.1, 0.15) is 0 Å². The van der Waals surface area contributed by atoms with Gasteiger partial charge in [0.25, 0.3) is 0 Å². The van der Waals surface area contributed by atoms with E-state index in [4.69, 9.17) is 0 Å². The maximum atomic E-state index is 4.16. The van der Waals surface area contributed by atoms with Crippen molar-refractivity contribution in [2.75, 3.05) is 6.54 Å². The Morgan fingerprint density at radius 1 is 1.33 bits per heavy atom. The molecule has 1 heterocycles. The van der Waals surface area contributed by atoms with Crippen LogP contribution < -0.4 is 5.32 Å². The summed E-state index contributed by atoms with van der Waals surface area (Å²) in [7, 11) is 0. The van der Waals surface area contributed by atoms with Gasteiger partial charge in [-0.05, 0) is 25.8 Å². The molecule has 18 heavy (non-hydrogen) atoms. The molecule has 1 aromatic rings. The molecule has 1 N–H and O–H groups in total. The lowest BCUT2D eigenvalue weighted by Gasteiger charge is -2.27. The van der Waals surface area contributed by atoms with E-state index in [2.05, 4.69) is 29.5 Å². The minimum absolute atomic E-state index is 0.424. The van der Waals surface area contributed by atoms with Crippen LogP contribution in [0.5, 0.6) is 0 Å². The first-order chi connectivity index (χ1) is 8.85. The van der Waals surface area contributed by atoms with Gasteiger partial charge < -0.3 is 5.32 Å². The van der Waals surface area contributed by atoms with E-state index in [1.165, 1.54) is 44.2 Å². The van der Waals surface area contributed by atoms with Gasteiger partial charge in [-0.15, -0.1) is 5.10 Å². The van der Waals surface area contributed by atoms with Crippen LogP contribution in [0.15, 0.2) is 6.20 Å². The van der Waals surface area contributed by atoms with Crippen molar-refractivity contribution in [3.8, 4) is 0 Å². The van der Waals surface area contributed by atoms with E-state index < -0.39 is 0 Å². The van der Waals surface area contributed by atoms with Gasteiger partial charge in [-0.2, -0.15) is 0 Å². The Hall–Kier alpha value is -0.900. The van der Waals surface area contributed by atoms with Crippen LogP contribution >= 0.6 is 0 Å². The molecule has 1 saturated carbocycles. The van der Waals surface area contributed by atoms with Crippen molar-refractivity contribution in [3.63, 3.8) is 0 Å². The monoisotopic (exact) mass is 250 g/mol. The predicted molar refractivity (Wildman–Crippen MR) is 73.3 cm³/mol. The molecule has 1 aromatic heterocycles. The van der Waals surface area contributed by atoms with E-state index in [0.717, 1.165) is 19.0 Å². The number of aryl methyl sites for hydroxylation is 1. The van der Waals surface area contributed by atoms with Crippen LogP contribution in [0.4, 0.5) is 0 Å². The fourth-order valence-electron chi connectivity index (χ4n) is 3.09. The summed E-state index contributed by atoms with van der Waals surface area (Å²) in [4.78, 5) is 0. The Morgan fingerprint density at radius 2 is 2.11 bits per heavy atom. The fourth-order valence-corrected chi connectivity index (χ4v) is 3.09. The molecule has 102 valence electrons. The molecule has 4 nitrogen and oxygen atoms in total. The lowest BCUT2D eigenvalue weighted by Crippen LogP contribution is -2.26. The molecule has 0 aliphatic heterocycles. The second-order valence-electron chi connectivity index (χ2n) is 5.32. The summed E-state index contributed by atoms with van der Waals surface area (Å²) in [6, 6.07) is 0.424. The molecule has 1 aliphatic carbocycles. The Balaban J connectivity index is 2.02. The molecule has 1 aliphatic rings. The van der Waals surface area contributed by atoms with Gasteiger partial charge >= 0.3 is 0 Å². The SMILES string of the molecule is CCNC(CC1CCCCC1)c1cnnn1CC. The Morgan fingerprint density at radius 3 is 2.78 bits per heavy atom. The van der Waals surface area contributed by atoms with E-state index in [0.29, 0.717) is 6.04 Å². The summed E-state index contributed by atoms with van der Waals surface area (Å²) in [6.45, 7) is 6.21. The molecular weight excluding hydrogens is 224 g/mol. The lowest BCUT2D eigenvalue weighted by atomic mass is 9.84. The second kappa shape index (κ2) is 6.88. The Labute approximate surface area is 110 Å². The predicted octanol–water partition coefficient (Wildman–Crippen LogP) is 2.92. The number of rotatable bonds is 6. The third-order valence-corrected chi connectivity index (χ3v) is 4.05. The summed E-state index contributed by atoms with van der Waals surface area (Å²) < 4.78 is 2.02. The summed E-state index contributed by atoms with van der Waals surface area (Å²) in [6.07, 6.45) is 10.2. The summed E-state index contributed by atoms with van der Waals surface area (Å²) >= 11 is 0. The molecule has 0 amide bonds. The number of hydrogen-bond donors (Lipinski definition) is 1. The first-order valence-corrected chi connectivity index (χ1v) is 7.46. The standard InChI is InChI=1S/C14H26N4/c1-3-15-13(10-12-8-6-5-7-9-12)14-11-16-17-18(14)4-2/h11-13,15H,3-10H2,1-2H3. The van der Waals surface area contributed by atoms with Crippen LogP contribution in [-0.2, 0) is 6.54 Å². The molecule has 0 spiro atoms. The van der Waals surface area contributed by atoms with Crippen LogP contribution in [0.3, 0.4) is 0 Å². The van der Waals surface area contributed by atoms with Gasteiger partial charge in [0, 0.05) is 6.54 Å². The van der Waals surface area contributed by atoms with Crippen molar-refractivity contribution >= 4 is 0 Å². The highest BCUT2D eigenvalue weighted by Gasteiger charge is 2.22. The molecule has 1 unspecified atom stereocenters. The summed E-state index contributed by atoms with van der Waals surface area (Å²) in [5.74, 6) is 0.878. The van der Waals surface area contributed by atoms with Crippen LogP contribution in [0.2, 0.25) is 0 Å². The van der Waals surface area contributed by atoms with E-state index in [1.807, 2.05) is 10.9 Å². The quantitative estimate of drug-likeness (QED) is 0.844. The molecule has 0 bridgehead atoms. The highest BCUT2D eigenvalue weighted by Crippen LogP contribution is 2.31. The minimum atomic E-state index is 0.424. The normalized spacial score (nSPS) is 19.0. The van der Waals surface area contributed by atoms with Gasteiger partial charge in [0.05, 0.1) is 17.9 Å². The Kier molecular flexibility index (Phi) is 5.17. The zero-order chi connectivity index (χ0) is 12.8. The average Bonchev–Trinajstić information content (AvgIpc) is 2.87. The van der Waals surface area contributed by atoms with Crippen molar-refractivity contribution in [2.45, 2.75) is 65.0 Å². The smallest absolute Gasteiger partial charge is 0.0756 e. The van der Waals surface area contributed by atoms with Gasteiger partial charge in [-0.3, -0.25) is 0 Å². The highest BCUT2D eigenvalue weighted by molar-refractivity contribution is 5.02. The largest absolute Gasteiger partial charge is 0.309 e. The van der Waals surface area contributed by atoms with Crippen molar-refractivity contribution < 1.29 is 0 Å². The number of aromatic nitrogens is 3. The van der Waals surface area contributed by atoms with Crippen LogP contribution in [0.25, 0.3) is 0 Å². The average molecular weight is 250 g/mol. The third-order valence-electron chi connectivity index (χ3n) is 4.05. The van der Waals surface area contributed by atoms with Crippen LogP contribution in [0.1, 0.15) is 64.1 Å². The zero-order valence-electron chi connectivity index (χ0n) is 11.7. The van der Waals surface area contributed by atoms with Crippen LogP contribution in [-0.4, -0.2) is 21.5 Å². The topological polar surface area (TPSA) is 42.7 Å². The van der Waals surface area contributed by atoms with Crippen molar-refractivity contribution in [1.29, 1.82) is 0 Å². The second-order valence-corrected chi connectivity index (χ2v) is 5.32. The molecule has 0 radical (unpaired) electrons. The lowest BCUT2D eigenvalue weighted by molar-refractivity contribution is 0.295. The molecule has 1 atom stereocenters.